The van der Waals surface area contributed by atoms with Gasteiger partial charge in [-0.3, -0.25) is 0 Å². The first kappa shape index (κ1) is 16.2. The number of nitrogens with zero attached hydrogens (tertiary/aromatic N) is 2. The Balaban J connectivity index is 1.83. The minimum absolute atomic E-state index is 0.124. The van der Waals surface area contributed by atoms with E-state index in [2.05, 4.69) is 20.3 Å². The molecule has 0 atom stereocenters. The van der Waals surface area contributed by atoms with Gasteiger partial charge in [0.05, 0.1) is 5.39 Å². The van der Waals surface area contributed by atoms with Gasteiger partial charge in [-0.1, -0.05) is 12.1 Å². The molecule has 0 aliphatic rings. The normalized spacial score (nSPS) is 11.9. The lowest BCUT2D eigenvalue weighted by atomic mass is 10.1. The molecule has 24 heavy (non-hydrogen) atoms. The van der Waals surface area contributed by atoms with E-state index in [1.54, 1.807) is 25.1 Å². The van der Waals surface area contributed by atoms with Gasteiger partial charge in [-0.25, -0.2) is 14.4 Å². The van der Waals surface area contributed by atoms with Gasteiger partial charge in [0.1, 0.15) is 17.3 Å². The Morgan fingerprint density at radius 1 is 1.12 bits per heavy atom. The topological polar surface area (TPSA) is 53.6 Å². The van der Waals surface area contributed by atoms with Crippen molar-refractivity contribution in [3.05, 3.63) is 53.2 Å². The first-order chi connectivity index (χ1) is 11.3. The van der Waals surface area contributed by atoms with Crippen molar-refractivity contribution >= 4 is 16.9 Å². The maximum atomic E-state index is 12.9. The Labute approximate surface area is 134 Å². The molecule has 0 saturated heterocycles. The van der Waals surface area contributed by atoms with E-state index in [0.29, 0.717) is 24.0 Å². The van der Waals surface area contributed by atoms with E-state index >= 15 is 0 Å². The molecular formula is C16H14F4N4. The Hall–Kier alpha value is -2.64. The van der Waals surface area contributed by atoms with Gasteiger partial charge >= 0.3 is 6.18 Å². The molecule has 0 fully saturated rings. The van der Waals surface area contributed by atoms with Gasteiger partial charge in [0, 0.05) is 12.2 Å². The molecule has 126 valence electrons. The average molecular weight is 338 g/mol. The van der Waals surface area contributed by atoms with Crippen LogP contribution in [0.4, 0.5) is 23.4 Å². The maximum absolute atomic E-state index is 12.9. The van der Waals surface area contributed by atoms with E-state index in [4.69, 9.17) is 0 Å². The second-order valence-electron chi connectivity index (χ2n) is 5.41. The number of anilines is 1. The number of benzene rings is 1. The molecule has 2 aromatic heterocycles. The largest absolute Gasteiger partial charge is 0.451 e. The number of H-pyrrole nitrogens is 1. The van der Waals surface area contributed by atoms with Gasteiger partial charge in [0.2, 0.25) is 5.82 Å². The number of halogens is 4. The van der Waals surface area contributed by atoms with E-state index in [1.807, 2.05) is 0 Å². The van der Waals surface area contributed by atoms with Crippen LogP contribution < -0.4 is 5.32 Å². The van der Waals surface area contributed by atoms with Gasteiger partial charge in [-0.05, 0) is 37.1 Å². The molecule has 8 heteroatoms. The molecule has 4 nitrogen and oxygen atoms in total. The van der Waals surface area contributed by atoms with Crippen molar-refractivity contribution in [3.8, 4) is 0 Å². The third-order valence-electron chi connectivity index (χ3n) is 3.49. The van der Waals surface area contributed by atoms with Crippen molar-refractivity contribution < 1.29 is 17.6 Å². The van der Waals surface area contributed by atoms with Crippen molar-refractivity contribution in [3.63, 3.8) is 0 Å². The van der Waals surface area contributed by atoms with Crippen molar-refractivity contribution in [2.24, 2.45) is 0 Å². The molecule has 0 unspecified atom stereocenters. The molecule has 0 aliphatic carbocycles. The first-order valence-corrected chi connectivity index (χ1v) is 7.26. The number of hydrogen-bond donors (Lipinski definition) is 2. The van der Waals surface area contributed by atoms with E-state index in [1.165, 1.54) is 12.1 Å². The Bertz CT molecular complexity index is 853. The number of hydrogen-bond acceptors (Lipinski definition) is 3. The second-order valence-corrected chi connectivity index (χ2v) is 5.41. The van der Waals surface area contributed by atoms with Crippen LogP contribution in [-0.2, 0) is 12.6 Å². The van der Waals surface area contributed by atoms with Crippen molar-refractivity contribution in [2.45, 2.75) is 19.5 Å². The Morgan fingerprint density at radius 3 is 2.50 bits per heavy atom. The summed E-state index contributed by atoms with van der Waals surface area (Å²) in [5.74, 6) is -1.40. The lowest BCUT2D eigenvalue weighted by molar-refractivity contribution is -0.144. The SMILES string of the molecule is Cc1cc2c(NCCc3ccc(F)cc3)nc(C(F)(F)F)nc2[nH]1. The first-order valence-electron chi connectivity index (χ1n) is 7.26. The minimum atomic E-state index is -4.62. The molecule has 0 bridgehead atoms. The molecule has 1 aromatic carbocycles. The van der Waals surface area contributed by atoms with Crippen LogP contribution in [0, 0.1) is 12.7 Å². The fraction of sp³-hybridized carbons (Fsp3) is 0.250. The Morgan fingerprint density at radius 2 is 1.83 bits per heavy atom. The summed E-state index contributed by atoms with van der Waals surface area (Å²) in [6, 6.07) is 7.64. The number of aryl methyl sites for hydroxylation is 1. The predicted octanol–water partition coefficient (Wildman–Crippen LogP) is 4.08. The molecule has 0 saturated carbocycles. The van der Waals surface area contributed by atoms with Crippen LogP contribution >= 0.6 is 0 Å². The van der Waals surface area contributed by atoms with Gasteiger partial charge in [0.25, 0.3) is 0 Å². The van der Waals surface area contributed by atoms with E-state index in [0.717, 1.165) is 5.56 Å². The molecule has 2 N–H and O–H groups in total. The van der Waals surface area contributed by atoms with E-state index in [9.17, 15) is 17.6 Å². The fourth-order valence-electron chi connectivity index (χ4n) is 2.38. The number of aromatic amines is 1. The Kier molecular flexibility index (Phi) is 4.13. The summed E-state index contributed by atoms with van der Waals surface area (Å²) < 4.78 is 51.6. The highest BCUT2D eigenvalue weighted by Gasteiger charge is 2.35. The molecule has 0 radical (unpaired) electrons. The highest BCUT2D eigenvalue weighted by atomic mass is 19.4. The summed E-state index contributed by atoms with van der Waals surface area (Å²) in [7, 11) is 0. The summed E-state index contributed by atoms with van der Waals surface area (Å²) >= 11 is 0. The van der Waals surface area contributed by atoms with Crippen molar-refractivity contribution in [1.29, 1.82) is 0 Å². The van der Waals surface area contributed by atoms with Crippen LogP contribution in [0.1, 0.15) is 17.1 Å². The summed E-state index contributed by atoms with van der Waals surface area (Å²) in [6.07, 6.45) is -4.10. The zero-order valence-corrected chi connectivity index (χ0v) is 12.7. The zero-order valence-electron chi connectivity index (χ0n) is 12.7. The minimum Gasteiger partial charge on any atom is -0.369 e. The van der Waals surface area contributed by atoms with E-state index in [-0.39, 0.29) is 17.3 Å². The molecule has 0 amide bonds. The van der Waals surface area contributed by atoms with Gasteiger partial charge in [-0.2, -0.15) is 13.2 Å². The van der Waals surface area contributed by atoms with Crippen LogP contribution in [-0.4, -0.2) is 21.5 Å². The van der Waals surface area contributed by atoms with Crippen LogP contribution in [0.2, 0.25) is 0 Å². The van der Waals surface area contributed by atoms with Crippen molar-refractivity contribution in [1.82, 2.24) is 15.0 Å². The lowest BCUT2D eigenvalue weighted by Crippen LogP contribution is -2.14. The summed E-state index contributed by atoms with van der Waals surface area (Å²) in [4.78, 5) is 9.93. The second kappa shape index (κ2) is 6.10. The number of fused-ring (bicyclic) bond motifs is 1. The maximum Gasteiger partial charge on any atom is 0.451 e. The standard InChI is InChI=1S/C16H14F4N4/c1-9-8-12-13(21-7-6-10-2-4-11(17)5-3-10)23-15(16(18,19)20)24-14(12)22-9/h2-5,8H,6-7H2,1H3,(H2,21,22,23,24). The third-order valence-corrected chi connectivity index (χ3v) is 3.49. The lowest BCUT2D eigenvalue weighted by Gasteiger charge is -2.10. The monoisotopic (exact) mass is 338 g/mol. The summed E-state index contributed by atoms with van der Waals surface area (Å²) in [5.41, 5.74) is 1.70. The number of alkyl halides is 3. The van der Waals surface area contributed by atoms with Crippen molar-refractivity contribution in [2.75, 3.05) is 11.9 Å². The van der Waals surface area contributed by atoms with E-state index < -0.39 is 12.0 Å². The number of rotatable bonds is 4. The van der Waals surface area contributed by atoms with Gasteiger partial charge < -0.3 is 10.3 Å². The van der Waals surface area contributed by atoms with Gasteiger partial charge in [0.15, 0.2) is 0 Å². The van der Waals surface area contributed by atoms with Crippen LogP contribution in [0.3, 0.4) is 0 Å². The number of aromatic nitrogens is 3. The highest BCUT2D eigenvalue weighted by Crippen LogP contribution is 2.30. The van der Waals surface area contributed by atoms with Crippen LogP contribution in [0.15, 0.2) is 30.3 Å². The molecule has 0 aliphatic heterocycles. The molecule has 3 rings (SSSR count). The highest BCUT2D eigenvalue weighted by molar-refractivity contribution is 5.87. The average Bonchev–Trinajstić information content (AvgIpc) is 2.88. The van der Waals surface area contributed by atoms with Crippen LogP contribution in [0.5, 0.6) is 0 Å². The molecule has 2 heterocycles. The molecular weight excluding hydrogens is 324 g/mol. The molecule has 3 aromatic rings. The molecule has 0 spiro atoms. The predicted molar refractivity (Wildman–Crippen MR) is 82.2 cm³/mol. The zero-order chi connectivity index (χ0) is 17.3. The smallest absolute Gasteiger partial charge is 0.369 e. The van der Waals surface area contributed by atoms with Gasteiger partial charge in [-0.15, -0.1) is 0 Å². The quantitative estimate of drug-likeness (QED) is 0.705. The van der Waals surface area contributed by atoms with Crippen LogP contribution in [0.25, 0.3) is 11.0 Å². The third kappa shape index (κ3) is 3.47. The summed E-state index contributed by atoms with van der Waals surface area (Å²) in [5, 5.41) is 3.41. The summed E-state index contributed by atoms with van der Waals surface area (Å²) in [6.45, 7) is 2.09. The number of nitrogens with one attached hydrogen (secondary N) is 2. The fourth-order valence-corrected chi connectivity index (χ4v) is 2.38.